The maximum Gasteiger partial charge on any atom is 0.410 e. The van der Waals surface area contributed by atoms with Gasteiger partial charge in [0.15, 0.2) is 0 Å². The predicted octanol–water partition coefficient (Wildman–Crippen LogP) is 2.00. The number of carbonyl (C=O) groups excluding carboxylic acids is 3. The molecule has 28 heavy (non-hydrogen) atoms. The second-order valence-corrected chi connectivity index (χ2v) is 8.78. The molecule has 1 heterocycles. The number of amides is 2. The van der Waals surface area contributed by atoms with E-state index < -0.39 is 35.4 Å². The normalized spacial score (nSPS) is 18.4. The second kappa shape index (κ2) is 9.95. The van der Waals surface area contributed by atoms with E-state index in [0.29, 0.717) is 32.6 Å². The molecule has 0 aromatic heterocycles. The summed E-state index contributed by atoms with van der Waals surface area (Å²) in [6, 6.07) is -0.562. The van der Waals surface area contributed by atoms with Crippen molar-refractivity contribution in [1.82, 2.24) is 15.1 Å². The Morgan fingerprint density at radius 2 is 1.61 bits per heavy atom. The molecule has 1 fully saturated rings. The highest BCUT2D eigenvalue weighted by atomic mass is 16.6. The molecule has 0 spiro atoms. The SMILES string of the molecule is COC(=O)C1CN(C(=O)OC(C)(C)C)CCN1CCCNC(=O)OC(C)(C)C. The number of nitrogens with one attached hydrogen (secondary N) is 1. The van der Waals surface area contributed by atoms with Gasteiger partial charge in [0.25, 0.3) is 0 Å². The van der Waals surface area contributed by atoms with Crippen LogP contribution in [-0.2, 0) is 19.0 Å². The summed E-state index contributed by atoms with van der Waals surface area (Å²) >= 11 is 0. The van der Waals surface area contributed by atoms with E-state index >= 15 is 0 Å². The Labute approximate surface area is 167 Å². The first-order chi connectivity index (χ1) is 12.8. The van der Waals surface area contributed by atoms with Crippen LogP contribution in [0.15, 0.2) is 0 Å². The van der Waals surface area contributed by atoms with Crippen molar-refractivity contribution in [3.05, 3.63) is 0 Å². The number of ether oxygens (including phenoxy) is 3. The summed E-state index contributed by atoms with van der Waals surface area (Å²) in [7, 11) is 1.33. The van der Waals surface area contributed by atoms with Crippen molar-refractivity contribution in [2.75, 3.05) is 39.8 Å². The van der Waals surface area contributed by atoms with Crippen LogP contribution >= 0.6 is 0 Å². The Morgan fingerprint density at radius 3 is 2.14 bits per heavy atom. The first kappa shape index (κ1) is 24.0. The maximum absolute atomic E-state index is 12.3. The largest absolute Gasteiger partial charge is 0.468 e. The third-order valence-corrected chi connectivity index (χ3v) is 3.91. The van der Waals surface area contributed by atoms with Gasteiger partial charge in [0.1, 0.15) is 17.2 Å². The fraction of sp³-hybridized carbons (Fsp3) is 0.842. The number of methoxy groups -OCH3 is 1. The summed E-state index contributed by atoms with van der Waals surface area (Å²) < 4.78 is 15.5. The predicted molar refractivity (Wildman–Crippen MR) is 104 cm³/mol. The monoisotopic (exact) mass is 401 g/mol. The van der Waals surface area contributed by atoms with Crippen molar-refractivity contribution >= 4 is 18.2 Å². The summed E-state index contributed by atoms with van der Waals surface area (Å²) in [6.07, 6.45) is -0.265. The van der Waals surface area contributed by atoms with Crippen molar-refractivity contribution in [3.8, 4) is 0 Å². The van der Waals surface area contributed by atoms with Gasteiger partial charge in [-0.05, 0) is 48.0 Å². The third-order valence-electron chi connectivity index (χ3n) is 3.91. The van der Waals surface area contributed by atoms with E-state index in [-0.39, 0.29) is 6.54 Å². The Morgan fingerprint density at radius 1 is 1.00 bits per heavy atom. The molecule has 0 saturated carbocycles. The van der Waals surface area contributed by atoms with E-state index in [1.807, 2.05) is 4.90 Å². The summed E-state index contributed by atoms with van der Waals surface area (Å²) in [5.41, 5.74) is -1.14. The third kappa shape index (κ3) is 8.77. The Bertz CT molecular complexity index is 553. The molecule has 1 rings (SSSR count). The van der Waals surface area contributed by atoms with Gasteiger partial charge in [0, 0.05) is 26.2 Å². The summed E-state index contributed by atoms with van der Waals surface area (Å²) in [5, 5.41) is 2.70. The van der Waals surface area contributed by atoms with Gasteiger partial charge in [-0.2, -0.15) is 0 Å². The molecule has 1 aliphatic heterocycles. The van der Waals surface area contributed by atoms with Crippen molar-refractivity contribution in [1.29, 1.82) is 0 Å². The minimum Gasteiger partial charge on any atom is -0.468 e. The van der Waals surface area contributed by atoms with Gasteiger partial charge in [0.05, 0.1) is 13.7 Å². The van der Waals surface area contributed by atoms with Crippen LogP contribution in [0, 0.1) is 0 Å². The topological polar surface area (TPSA) is 97.4 Å². The Hall–Kier alpha value is -2.03. The molecule has 0 aromatic rings. The molecule has 0 radical (unpaired) electrons. The Kier molecular flexibility index (Phi) is 8.53. The minimum absolute atomic E-state index is 0.209. The minimum atomic E-state index is -0.595. The molecular weight excluding hydrogens is 366 g/mol. The lowest BCUT2D eigenvalue weighted by Crippen LogP contribution is -2.58. The molecule has 9 nitrogen and oxygen atoms in total. The van der Waals surface area contributed by atoms with Crippen LogP contribution in [0.25, 0.3) is 0 Å². The van der Waals surface area contributed by atoms with Crippen LogP contribution in [0.2, 0.25) is 0 Å². The summed E-state index contributed by atoms with van der Waals surface area (Å²) in [6.45, 7) is 13.0. The van der Waals surface area contributed by atoms with E-state index in [0.717, 1.165) is 0 Å². The van der Waals surface area contributed by atoms with E-state index in [1.165, 1.54) is 12.0 Å². The number of esters is 1. The zero-order chi connectivity index (χ0) is 21.5. The van der Waals surface area contributed by atoms with Gasteiger partial charge < -0.3 is 24.4 Å². The lowest BCUT2D eigenvalue weighted by molar-refractivity contribution is -0.149. The number of rotatable bonds is 5. The molecular formula is C19H35N3O6. The molecule has 162 valence electrons. The van der Waals surface area contributed by atoms with Crippen LogP contribution in [0.5, 0.6) is 0 Å². The van der Waals surface area contributed by atoms with Gasteiger partial charge in [-0.25, -0.2) is 9.59 Å². The highest BCUT2D eigenvalue weighted by Gasteiger charge is 2.36. The highest BCUT2D eigenvalue weighted by Crippen LogP contribution is 2.16. The number of hydrogen-bond acceptors (Lipinski definition) is 7. The standard InChI is InChI=1S/C19H35N3O6/c1-18(2,3)27-16(24)20-9-8-10-21-11-12-22(13-14(21)15(23)26-7)17(25)28-19(4,5)6/h14H,8-13H2,1-7H3,(H,20,24). The van der Waals surface area contributed by atoms with E-state index in [9.17, 15) is 14.4 Å². The molecule has 1 N–H and O–H groups in total. The molecule has 1 saturated heterocycles. The first-order valence-corrected chi connectivity index (χ1v) is 9.59. The van der Waals surface area contributed by atoms with Crippen LogP contribution in [0.4, 0.5) is 9.59 Å². The molecule has 0 aliphatic carbocycles. The molecule has 9 heteroatoms. The van der Waals surface area contributed by atoms with Gasteiger partial charge in [0.2, 0.25) is 0 Å². The smallest absolute Gasteiger partial charge is 0.410 e. The summed E-state index contributed by atoms with van der Waals surface area (Å²) in [4.78, 5) is 39.7. The molecule has 1 unspecified atom stereocenters. The van der Waals surface area contributed by atoms with Gasteiger partial charge in [-0.3, -0.25) is 9.69 Å². The van der Waals surface area contributed by atoms with Gasteiger partial charge in [-0.15, -0.1) is 0 Å². The lowest BCUT2D eigenvalue weighted by atomic mass is 10.1. The molecule has 0 aromatic carbocycles. The fourth-order valence-corrected chi connectivity index (χ4v) is 2.73. The van der Waals surface area contributed by atoms with Gasteiger partial charge >= 0.3 is 18.2 Å². The maximum atomic E-state index is 12.3. The van der Waals surface area contributed by atoms with Crippen LogP contribution < -0.4 is 5.32 Å². The van der Waals surface area contributed by atoms with E-state index in [1.54, 1.807) is 41.5 Å². The van der Waals surface area contributed by atoms with E-state index in [4.69, 9.17) is 14.2 Å². The first-order valence-electron chi connectivity index (χ1n) is 9.59. The summed E-state index contributed by atoms with van der Waals surface area (Å²) in [5.74, 6) is -0.395. The molecule has 1 aliphatic rings. The molecule has 2 amide bonds. The van der Waals surface area contributed by atoms with Crippen molar-refractivity contribution in [2.45, 2.75) is 65.2 Å². The van der Waals surface area contributed by atoms with Crippen molar-refractivity contribution in [2.24, 2.45) is 0 Å². The highest BCUT2D eigenvalue weighted by molar-refractivity contribution is 5.77. The fourth-order valence-electron chi connectivity index (χ4n) is 2.73. The Balaban J connectivity index is 2.54. The number of alkyl carbamates (subject to hydrolysis) is 1. The lowest BCUT2D eigenvalue weighted by Gasteiger charge is -2.40. The van der Waals surface area contributed by atoms with Crippen molar-refractivity contribution < 1.29 is 28.6 Å². The van der Waals surface area contributed by atoms with Gasteiger partial charge in [-0.1, -0.05) is 0 Å². The molecule has 1 atom stereocenters. The van der Waals surface area contributed by atoms with Crippen LogP contribution in [-0.4, -0.2) is 85.0 Å². The number of carbonyl (C=O) groups is 3. The van der Waals surface area contributed by atoms with Crippen molar-refractivity contribution in [3.63, 3.8) is 0 Å². The quantitative estimate of drug-likeness (QED) is 0.427. The van der Waals surface area contributed by atoms with E-state index in [2.05, 4.69) is 5.32 Å². The average molecular weight is 402 g/mol. The zero-order valence-corrected chi connectivity index (χ0v) is 18.2. The number of piperazine rings is 1. The van der Waals surface area contributed by atoms with Crippen LogP contribution in [0.3, 0.4) is 0 Å². The zero-order valence-electron chi connectivity index (χ0n) is 18.2. The van der Waals surface area contributed by atoms with Crippen LogP contribution in [0.1, 0.15) is 48.0 Å². The average Bonchev–Trinajstić information content (AvgIpc) is 2.55. The second-order valence-electron chi connectivity index (χ2n) is 8.78. The number of nitrogens with zero attached hydrogens (tertiary/aromatic N) is 2. The molecule has 0 bridgehead atoms. The number of hydrogen-bond donors (Lipinski definition) is 1.